The highest BCUT2D eigenvalue weighted by Gasteiger charge is 2.20. The lowest BCUT2D eigenvalue weighted by Gasteiger charge is -2.11. The van der Waals surface area contributed by atoms with Gasteiger partial charge in [-0.2, -0.15) is 0 Å². The maximum atomic E-state index is 11.0. The molecule has 0 aliphatic carbocycles. The van der Waals surface area contributed by atoms with Crippen molar-refractivity contribution in [3.63, 3.8) is 0 Å². The van der Waals surface area contributed by atoms with Crippen molar-refractivity contribution in [1.82, 2.24) is 0 Å². The largest absolute Gasteiger partial charge is 0.448 e. The number of benzene rings is 2. The highest BCUT2D eigenvalue weighted by atomic mass is 35.5. The lowest BCUT2D eigenvalue weighted by Crippen LogP contribution is -2.14. The van der Waals surface area contributed by atoms with Gasteiger partial charge in [0.25, 0.3) is 0 Å². The zero-order valence-corrected chi connectivity index (χ0v) is 11.3. The minimum absolute atomic E-state index is 0.0820. The molecule has 0 saturated carbocycles. The zero-order valence-electron chi connectivity index (χ0n) is 10.6. The second-order valence-electron chi connectivity index (χ2n) is 3.93. The van der Waals surface area contributed by atoms with Gasteiger partial charge in [0.2, 0.25) is 5.75 Å². The van der Waals surface area contributed by atoms with Crippen LogP contribution in [0.3, 0.4) is 0 Å². The van der Waals surface area contributed by atoms with Crippen molar-refractivity contribution >= 4 is 23.1 Å². The average Bonchev–Trinajstić information content (AvgIpc) is 2.48. The fourth-order valence-electron chi connectivity index (χ4n) is 1.67. The number of nitro benzene ring substituents is 1. The molecular formula is C13H10ClN3O4. The Kier molecular flexibility index (Phi) is 4.24. The van der Waals surface area contributed by atoms with Gasteiger partial charge >= 0.3 is 5.69 Å². The van der Waals surface area contributed by atoms with Crippen LogP contribution in [0.1, 0.15) is 5.56 Å². The molecule has 7 nitrogen and oxygen atoms in total. The maximum Gasteiger partial charge on any atom is 0.313 e. The molecule has 0 atom stereocenters. The number of rotatable bonds is 4. The summed E-state index contributed by atoms with van der Waals surface area (Å²) in [6.45, 7) is 0. The minimum Gasteiger partial charge on any atom is -0.448 e. The Balaban J connectivity index is 2.52. The van der Waals surface area contributed by atoms with Crippen molar-refractivity contribution in [2.45, 2.75) is 0 Å². The van der Waals surface area contributed by atoms with Gasteiger partial charge in [-0.3, -0.25) is 10.1 Å². The van der Waals surface area contributed by atoms with E-state index in [0.29, 0.717) is 0 Å². The monoisotopic (exact) mass is 307 g/mol. The van der Waals surface area contributed by atoms with Gasteiger partial charge in [0, 0.05) is 6.07 Å². The second-order valence-corrected chi connectivity index (χ2v) is 4.34. The van der Waals surface area contributed by atoms with Crippen molar-refractivity contribution in [2.24, 2.45) is 10.9 Å². The van der Waals surface area contributed by atoms with Crippen molar-refractivity contribution in [3.05, 3.63) is 63.2 Å². The predicted octanol–water partition coefficient (Wildman–Crippen LogP) is 3.14. The van der Waals surface area contributed by atoms with Gasteiger partial charge in [-0.15, -0.1) is 0 Å². The molecule has 0 spiro atoms. The molecule has 3 N–H and O–H groups in total. The Labute approximate surface area is 124 Å². The van der Waals surface area contributed by atoms with E-state index in [0.717, 1.165) is 0 Å². The van der Waals surface area contributed by atoms with E-state index in [4.69, 9.17) is 27.3 Å². The molecule has 2 rings (SSSR count). The minimum atomic E-state index is -0.604. The molecule has 0 amide bonds. The summed E-state index contributed by atoms with van der Waals surface area (Å²) >= 11 is 5.95. The van der Waals surface area contributed by atoms with Crippen LogP contribution in [0.5, 0.6) is 11.5 Å². The Hall–Kier alpha value is -2.80. The number of amidine groups is 1. The molecule has 0 fully saturated rings. The van der Waals surface area contributed by atoms with Gasteiger partial charge < -0.3 is 15.7 Å². The molecule has 0 bridgehead atoms. The second kappa shape index (κ2) is 6.10. The van der Waals surface area contributed by atoms with E-state index in [1.54, 1.807) is 18.2 Å². The fraction of sp³-hybridized carbons (Fsp3) is 0. The molecule has 0 aliphatic heterocycles. The number of halogens is 1. The summed E-state index contributed by atoms with van der Waals surface area (Å²) in [4.78, 5) is 10.4. The van der Waals surface area contributed by atoms with Gasteiger partial charge in [0.05, 0.1) is 15.5 Å². The average molecular weight is 308 g/mol. The van der Waals surface area contributed by atoms with Crippen LogP contribution >= 0.6 is 11.6 Å². The molecule has 0 aliphatic rings. The lowest BCUT2D eigenvalue weighted by molar-refractivity contribution is -0.385. The number of nitrogens with zero attached hydrogens (tertiary/aromatic N) is 2. The molecular weight excluding hydrogens is 298 g/mol. The smallest absolute Gasteiger partial charge is 0.313 e. The van der Waals surface area contributed by atoms with Crippen LogP contribution in [-0.4, -0.2) is 16.0 Å². The Morgan fingerprint density at radius 1 is 1.29 bits per heavy atom. The third-order valence-electron chi connectivity index (χ3n) is 2.63. The van der Waals surface area contributed by atoms with Crippen molar-refractivity contribution in [1.29, 1.82) is 0 Å². The Morgan fingerprint density at radius 2 is 2.00 bits per heavy atom. The third-order valence-corrected chi connectivity index (χ3v) is 2.92. The van der Waals surface area contributed by atoms with E-state index in [9.17, 15) is 10.1 Å². The molecule has 21 heavy (non-hydrogen) atoms. The summed E-state index contributed by atoms with van der Waals surface area (Å²) in [7, 11) is 0. The first-order chi connectivity index (χ1) is 10.0. The molecule has 0 saturated heterocycles. The number of para-hydroxylation sites is 2. The predicted molar refractivity (Wildman–Crippen MR) is 77.1 cm³/mol. The topological polar surface area (TPSA) is 111 Å². The summed E-state index contributed by atoms with van der Waals surface area (Å²) < 4.78 is 5.51. The van der Waals surface area contributed by atoms with E-state index in [2.05, 4.69) is 5.16 Å². The van der Waals surface area contributed by atoms with Crippen molar-refractivity contribution in [3.8, 4) is 11.5 Å². The first kappa shape index (κ1) is 14.6. The highest BCUT2D eigenvalue weighted by Crippen LogP contribution is 2.38. The Morgan fingerprint density at radius 3 is 2.67 bits per heavy atom. The van der Waals surface area contributed by atoms with E-state index in [1.807, 2.05) is 0 Å². The molecule has 2 aromatic carbocycles. The van der Waals surface area contributed by atoms with E-state index < -0.39 is 4.92 Å². The van der Waals surface area contributed by atoms with Gasteiger partial charge in [-0.05, 0) is 18.2 Å². The molecule has 8 heteroatoms. The summed E-state index contributed by atoms with van der Waals surface area (Å²) in [5.74, 6) is -0.105. The van der Waals surface area contributed by atoms with Crippen LogP contribution in [-0.2, 0) is 0 Å². The van der Waals surface area contributed by atoms with Crippen LogP contribution in [0.15, 0.2) is 47.6 Å². The fourth-order valence-corrected chi connectivity index (χ4v) is 1.88. The molecule has 108 valence electrons. The highest BCUT2D eigenvalue weighted by molar-refractivity contribution is 6.32. The van der Waals surface area contributed by atoms with Crippen LogP contribution in [0.2, 0.25) is 5.02 Å². The molecule has 0 heterocycles. The van der Waals surface area contributed by atoms with Crippen LogP contribution < -0.4 is 10.5 Å². The van der Waals surface area contributed by atoms with E-state index in [-0.39, 0.29) is 33.6 Å². The summed E-state index contributed by atoms with van der Waals surface area (Å²) in [6.07, 6.45) is 0. The van der Waals surface area contributed by atoms with Gasteiger partial charge in [0.15, 0.2) is 5.84 Å². The molecule has 2 aromatic rings. The number of nitrogens with two attached hydrogens (primary N) is 1. The van der Waals surface area contributed by atoms with Crippen molar-refractivity contribution < 1.29 is 14.9 Å². The standard InChI is InChI=1S/C13H10ClN3O4/c14-9-5-3-6-10(17(19)20)12(9)21-11-7-2-1-4-8(11)13(15)16-18/h1-7,18H,(H2,15,16). The SMILES string of the molecule is N/C(=N/O)c1ccccc1Oc1c(Cl)cccc1[N+](=O)[O-]. The number of hydrogen-bond donors (Lipinski definition) is 2. The summed E-state index contributed by atoms with van der Waals surface area (Å²) in [6, 6.07) is 10.6. The summed E-state index contributed by atoms with van der Waals surface area (Å²) in [5.41, 5.74) is 5.54. The normalized spacial score (nSPS) is 11.2. The van der Waals surface area contributed by atoms with Crippen LogP contribution in [0.4, 0.5) is 5.69 Å². The zero-order chi connectivity index (χ0) is 15.4. The first-order valence-electron chi connectivity index (χ1n) is 5.72. The van der Waals surface area contributed by atoms with Gasteiger partial charge in [-0.25, -0.2) is 0 Å². The third kappa shape index (κ3) is 3.03. The summed E-state index contributed by atoms with van der Waals surface area (Å²) in [5, 5.41) is 22.7. The molecule has 0 radical (unpaired) electrons. The van der Waals surface area contributed by atoms with E-state index in [1.165, 1.54) is 24.3 Å². The number of nitro groups is 1. The first-order valence-corrected chi connectivity index (χ1v) is 6.10. The van der Waals surface area contributed by atoms with E-state index >= 15 is 0 Å². The number of hydrogen-bond acceptors (Lipinski definition) is 5. The van der Waals surface area contributed by atoms with Crippen molar-refractivity contribution in [2.75, 3.05) is 0 Å². The maximum absolute atomic E-state index is 11.0. The van der Waals surface area contributed by atoms with Crippen LogP contribution in [0.25, 0.3) is 0 Å². The lowest BCUT2D eigenvalue weighted by atomic mass is 10.2. The molecule has 0 aromatic heterocycles. The van der Waals surface area contributed by atoms with Crippen LogP contribution in [0, 0.1) is 10.1 Å². The molecule has 0 unspecified atom stereocenters. The number of oxime groups is 1. The number of ether oxygens (including phenoxy) is 1. The Bertz CT molecular complexity index is 718. The quantitative estimate of drug-likeness (QED) is 0.296. The van der Waals surface area contributed by atoms with Gasteiger partial charge in [-0.1, -0.05) is 35.0 Å². The van der Waals surface area contributed by atoms with Gasteiger partial charge in [0.1, 0.15) is 5.75 Å².